The third-order valence-electron chi connectivity index (χ3n) is 1.56. The van der Waals surface area contributed by atoms with Gasteiger partial charge in [0.15, 0.2) is 0 Å². The molecule has 0 bridgehead atoms. The van der Waals surface area contributed by atoms with Crippen molar-refractivity contribution in [2.45, 2.75) is 6.92 Å². The third-order valence-corrected chi connectivity index (χ3v) is 1.56. The quantitative estimate of drug-likeness (QED) is 0.588. The highest BCUT2D eigenvalue weighted by Crippen LogP contribution is 2.11. The van der Waals surface area contributed by atoms with Crippen LogP contribution in [0.15, 0.2) is 18.7 Å². The van der Waals surface area contributed by atoms with E-state index in [9.17, 15) is 0 Å². The Bertz CT molecular complexity index is 350. The second-order valence-corrected chi connectivity index (χ2v) is 2.26. The van der Waals surface area contributed by atoms with Crippen LogP contribution in [0.25, 0.3) is 11.0 Å². The monoisotopic (exact) mass is 133 g/mol. The van der Waals surface area contributed by atoms with E-state index in [4.69, 9.17) is 0 Å². The van der Waals surface area contributed by atoms with Gasteiger partial charge in [0.25, 0.3) is 0 Å². The van der Waals surface area contributed by atoms with Crippen LogP contribution < -0.4 is 0 Å². The SMILES string of the molecule is Cc1c[nH]c2ncncc12. The Labute approximate surface area is 58.1 Å². The molecule has 0 atom stereocenters. The van der Waals surface area contributed by atoms with Gasteiger partial charge in [-0.3, -0.25) is 0 Å². The number of hydrogen-bond donors (Lipinski definition) is 1. The zero-order valence-electron chi connectivity index (χ0n) is 5.63. The highest BCUT2D eigenvalue weighted by Gasteiger charge is 1.96. The molecule has 0 aliphatic rings. The summed E-state index contributed by atoms with van der Waals surface area (Å²) in [4.78, 5) is 11.0. The van der Waals surface area contributed by atoms with Gasteiger partial charge in [0, 0.05) is 17.8 Å². The summed E-state index contributed by atoms with van der Waals surface area (Å²) in [5, 5.41) is 1.10. The lowest BCUT2D eigenvalue weighted by Gasteiger charge is -1.85. The van der Waals surface area contributed by atoms with Crippen LogP contribution in [0.5, 0.6) is 0 Å². The summed E-state index contributed by atoms with van der Waals surface area (Å²) < 4.78 is 0. The molecule has 0 radical (unpaired) electrons. The van der Waals surface area contributed by atoms with Gasteiger partial charge in [-0.05, 0) is 12.5 Å². The summed E-state index contributed by atoms with van der Waals surface area (Å²) in [5.74, 6) is 0. The fourth-order valence-electron chi connectivity index (χ4n) is 0.988. The number of fused-ring (bicyclic) bond motifs is 1. The Hall–Kier alpha value is -1.38. The Morgan fingerprint density at radius 2 is 2.40 bits per heavy atom. The average Bonchev–Trinajstić information content (AvgIpc) is 2.34. The number of rotatable bonds is 0. The van der Waals surface area contributed by atoms with Crippen LogP contribution in [0.3, 0.4) is 0 Å². The van der Waals surface area contributed by atoms with Crippen LogP contribution in [0.1, 0.15) is 5.56 Å². The summed E-state index contributed by atoms with van der Waals surface area (Å²) >= 11 is 0. The van der Waals surface area contributed by atoms with Gasteiger partial charge < -0.3 is 4.98 Å². The largest absolute Gasteiger partial charge is 0.346 e. The number of aryl methyl sites for hydroxylation is 1. The summed E-state index contributed by atoms with van der Waals surface area (Å²) in [5.41, 5.74) is 2.10. The molecule has 0 aliphatic carbocycles. The van der Waals surface area contributed by atoms with Crippen molar-refractivity contribution in [3.8, 4) is 0 Å². The number of aromatic amines is 1. The number of nitrogens with one attached hydrogen (secondary N) is 1. The minimum absolute atomic E-state index is 0.910. The van der Waals surface area contributed by atoms with Gasteiger partial charge >= 0.3 is 0 Å². The molecule has 10 heavy (non-hydrogen) atoms. The molecule has 2 rings (SSSR count). The molecule has 3 heteroatoms. The van der Waals surface area contributed by atoms with Crippen molar-refractivity contribution in [3.63, 3.8) is 0 Å². The molecule has 3 nitrogen and oxygen atoms in total. The Kier molecular flexibility index (Phi) is 0.974. The molecule has 0 aromatic carbocycles. The highest BCUT2D eigenvalue weighted by molar-refractivity contribution is 5.77. The molecule has 2 aromatic rings. The minimum atomic E-state index is 0.910. The first-order chi connectivity index (χ1) is 4.88. The maximum atomic E-state index is 4.04. The van der Waals surface area contributed by atoms with Gasteiger partial charge in [-0.15, -0.1) is 0 Å². The van der Waals surface area contributed by atoms with Crippen molar-refractivity contribution in [2.24, 2.45) is 0 Å². The molecular weight excluding hydrogens is 126 g/mol. The summed E-state index contributed by atoms with van der Waals surface area (Å²) in [7, 11) is 0. The maximum Gasteiger partial charge on any atom is 0.140 e. The van der Waals surface area contributed by atoms with Crippen molar-refractivity contribution >= 4 is 11.0 Å². The van der Waals surface area contributed by atoms with Crippen molar-refractivity contribution < 1.29 is 0 Å². The van der Waals surface area contributed by atoms with E-state index in [1.807, 2.05) is 19.3 Å². The summed E-state index contributed by atoms with van der Waals surface area (Å²) in [6.45, 7) is 2.03. The molecule has 0 unspecified atom stereocenters. The first-order valence-electron chi connectivity index (χ1n) is 3.11. The van der Waals surface area contributed by atoms with Gasteiger partial charge in [-0.25, -0.2) is 9.97 Å². The molecule has 0 spiro atoms. The van der Waals surface area contributed by atoms with Crippen LogP contribution in [0, 0.1) is 6.92 Å². The predicted molar refractivity (Wildman–Crippen MR) is 38.6 cm³/mol. The Morgan fingerprint density at radius 3 is 3.20 bits per heavy atom. The van der Waals surface area contributed by atoms with Crippen LogP contribution in [0.4, 0.5) is 0 Å². The Morgan fingerprint density at radius 1 is 1.50 bits per heavy atom. The van der Waals surface area contributed by atoms with Crippen molar-refractivity contribution in [2.75, 3.05) is 0 Å². The van der Waals surface area contributed by atoms with E-state index in [-0.39, 0.29) is 0 Å². The molecule has 0 amide bonds. The lowest BCUT2D eigenvalue weighted by Crippen LogP contribution is -1.76. The second kappa shape index (κ2) is 1.80. The third kappa shape index (κ3) is 0.603. The van der Waals surface area contributed by atoms with Crippen LogP contribution >= 0.6 is 0 Å². The lowest BCUT2D eigenvalue weighted by molar-refractivity contribution is 1.20. The summed E-state index contributed by atoms with van der Waals surface area (Å²) in [6.07, 6.45) is 5.28. The average molecular weight is 133 g/mol. The smallest absolute Gasteiger partial charge is 0.140 e. The Balaban J connectivity index is 2.93. The zero-order valence-corrected chi connectivity index (χ0v) is 5.63. The van der Waals surface area contributed by atoms with Crippen LogP contribution in [-0.2, 0) is 0 Å². The second-order valence-electron chi connectivity index (χ2n) is 2.26. The molecule has 2 heterocycles. The molecule has 0 saturated carbocycles. The molecule has 2 aromatic heterocycles. The molecule has 50 valence electrons. The fraction of sp³-hybridized carbons (Fsp3) is 0.143. The summed E-state index contributed by atoms with van der Waals surface area (Å²) in [6, 6.07) is 0. The number of H-pyrrole nitrogens is 1. The van der Waals surface area contributed by atoms with E-state index in [1.165, 1.54) is 11.9 Å². The van der Waals surface area contributed by atoms with Crippen LogP contribution in [-0.4, -0.2) is 15.0 Å². The zero-order chi connectivity index (χ0) is 6.97. The lowest BCUT2D eigenvalue weighted by atomic mass is 10.3. The molecule has 0 saturated heterocycles. The van der Waals surface area contributed by atoms with E-state index in [2.05, 4.69) is 15.0 Å². The molecule has 1 N–H and O–H groups in total. The first kappa shape index (κ1) is 5.41. The van der Waals surface area contributed by atoms with E-state index < -0.39 is 0 Å². The predicted octanol–water partition coefficient (Wildman–Crippen LogP) is 1.27. The van der Waals surface area contributed by atoms with Crippen molar-refractivity contribution in [3.05, 3.63) is 24.3 Å². The van der Waals surface area contributed by atoms with E-state index in [0.29, 0.717) is 0 Å². The highest BCUT2D eigenvalue weighted by atomic mass is 14.9. The number of nitrogens with zero attached hydrogens (tertiary/aromatic N) is 2. The molecule has 0 aliphatic heterocycles. The van der Waals surface area contributed by atoms with Gasteiger partial charge in [-0.1, -0.05) is 0 Å². The number of aromatic nitrogens is 3. The maximum absolute atomic E-state index is 4.04. The topological polar surface area (TPSA) is 41.6 Å². The standard InChI is InChI=1S/C7H7N3/c1-5-2-9-7-6(5)3-8-4-10-7/h2-4H,1H3,(H,8,9,10). The van der Waals surface area contributed by atoms with Crippen LogP contribution in [0.2, 0.25) is 0 Å². The molecular formula is C7H7N3. The first-order valence-corrected chi connectivity index (χ1v) is 3.11. The van der Waals surface area contributed by atoms with Crippen molar-refractivity contribution in [1.29, 1.82) is 0 Å². The van der Waals surface area contributed by atoms with E-state index in [0.717, 1.165) is 11.0 Å². The van der Waals surface area contributed by atoms with Gasteiger partial charge in [-0.2, -0.15) is 0 Å². The fourth-order valence-corrected chi connectivity index (χ4v) is 0.988. The van der Waals surface area contributed by atoms with Gasteiger partial charge in [0.1, 0.15) is 12.0 Å². The number of hydrogen-bond acceptors (Lipinski definition) is 2. The molecule has 0 fully saturated rings. The minimum Gasteiger partial charge on any atom is -0.346 e. The van der Waals surface area contributed by atoms with E-state index in [1.54, 1.807) is 0 Å². The van der Waals surface area contributed by atoms with E-state index >= 15 is 0 Å². The van der Waals surface area contributed by atoms with Gasteiger partial charge in [0.2, 0.25) is 0 Å². The van der Waals surface area contributed by atoms with Gasteiger partial charge in [0.05, 0.1) is 0 Å². The normalized spacial score (nSPS) is 10.5. The van der Waals surface area contributed by atoms with Crippen molar-refractivity contribution in [1.82, 2.24) is 15.0 Å².